The first kappa shape index (κ1) is 16.5. The van der Waals surface area contributed by atoms with Gasteiger partial charge in [-0.05, 0) is 76.1 Å². The minimum Gasteiger partial charge on any atom is -0.325 e. The van der Waals surface area contributed by atoms with Crippen molar-refractivity contribution < 1.29 is 4.79 Å². The molecule has 1 aromatic carbocycles. The first-order valence-electron chi connectivity index (χ1n) is 7.51. The molecule has 0 atom stereocenters. The molecule has 0 aromatic heterocycles. The second kappa shape index (κ2) is 7.92. The van der Waals surface area contributed by atoms with E-state index in [0.29, 0.717) is 6.54 Å². The van der Waals surface area contributed by atoms with Crippen molar-refractivity contribution in [2.45, 2.75) is 19.8 Å². The largest absolute Gasteiger partial charge is 0.325 e. The predicted octanol–water partition coefficient (Wildman–Crippen LogP) is 2.63. The summed E-state index contributed by atoms with van der Waals surface area (Å²) in [6.07, 6.45) is 2.34. The van der Waals surface area contributed by atoms with Gasteiger partial charge in [-0.2, -0.15) is 0 Å². The van der Waals surface area contributed by atoms with Crippen LogP contribution in [0.1, 0.15) is 18.4 Å². The van der Waals surface area contributed by atoms with Crippen LogP contribution in [0.5, 0.6) is 0 Å². The molecule has 0 saturated carbocycles. The van der Waals surface area contributed by atoms with Gasteiger partial charge in [-0.3, -0.25) is 9.69 Å². The first-order chi connectivity index (χ1) is 10.1. The molecule has 1 heterocycles. The topological polar surface area (TPSA) is 44.4 Å². The second-order valence-corrected chi connectivity index (χ2v) is 6.70. The molecule has 21 heavy (non-hydrogen) atoms. The van der Waals surface area contributed by atoms with Crippen LogP contribution in [-0.4, -0.2) is 44.0 Å². The second-order valence-electron chi connectivity index (χ2n) is 5.78. The summed E-state index contributed by atoms with van der Waals surface area (Å²) in [4.78, 5) is 14.4. The number of nitrogens with zero attached hydrogens (tertiary/aromatic N) is 1. The number of halogens is 1. The van der Waals surface area contributed by atoms with Gasteiger partial charge in [-0.25, -0.2) is 0 Å². The molecule has 0 bridgehead atoms. The van der Waals surface area contributed by atoms with E-state index in [4.69, 9.17) is 0 Å². The Hall–Kier alpha value is -0.910. The monoisotopic (exact) mass is 353 g/mol. The highest BCUT2D eigenvalue weighted by Gasteiger charge is 2.20. The molecule has 1 aliphatic heterocycles. The third-order valence-corrected chi connectivity index (χ3v) is 4.52. The summed E-state index contributed by atoms with van der Waals surface area (Å²) < 4.78 is 1.03. The molecular weight excluding hydrogens is 330 g/mol. The quantitative estimate of drug-likeness (QED) is 0.855. The molecule has 1 aromatic rings. The summed E-state index contributed by atoms with van der Waals surface area (Å²) in [7, 11) is 2.00. The third kappa shape index (κ3) is 5.09. The number of piperidine rings is 1. The van der Waals surface area contributed by atoms with Crippen molar-refractivity contribution in [1.29, 1.82) is 0 Å². The van der Waals surface area contributed by atoms with Gasteiger partial charge in [0.05, 0.1) is 6.54 Å². The van der Waals surface area contributed by atoms with Gasteiger partial charge < -0.3 is 10.6 Å². The summed E-state index contributed by atoms with van der Waals surface area (Å²) in [6.45, 7) is 5.60. The average Bonchev–Trinajstić information content (AvgIpc) is 2.44. The van der Waals surface area contributed by atoms with E-state index in [0.717, 1.165) is 41.3 Å². The van der Waals surface area contributed by atoms with Gasteiger partial charge in [0.15, 0.2) is 0 Å². The van der Waals surface area contributed by atoms with Gasteiger partial charge in [-0.15, -0.1) is 0 Å². The highest BCUT2D eigenvalue weighted by molar-refractivity contribution is 9.10. The Morgan fingerprint density at radius 1 is 1.38 bits per heavy atom. The van der Waals surface area contributed by atoms with Crippen molar-refractivity contribution >= 4 is 27.5 Å². The van der Waals surface area contributed by atoms with Crippen LogP contribution in [0.15, 0.2) is 22.7 Å². The Bertz CT molecular complexity index is 484. The van der Waals surface area contributed by atoms with Gasteiger partial charge in [0.2, 0.25) is 5.91 Å². The van der Waals surface area contributed by atoms with Gasteiger partial charge >= 0.3 is 0 Å². The number of carbonyl (C=O) groups is 1. The first-order valence-corrected chi connectivity index (χ1v) is 8.30. The van der Waals surface area contributed by atoms with Crippen molar-refractivity contribution in [2.75, 3.05) is 38.5 Å². The Balaban J connectivity index is 1.80. The molecule has 5 heteroatoms. The molecule has 4 nitrogen and oxygen atoms in total. The molecule has 0 aliphatic carbocycles. The summed E-state index contributed by atoms with van der Waals surface area (Å²) in [5.41, 5.74) is 1.97. The van der Waals surface area contributed by atoms with Gasteiger partial charge in [0.1, 0.15) is 0 Å². The Kier molecular flexibility index (Phi) is 6.21. The van der Waals surface area contributed by atoms with Crippen LogP contribution in [0.3, 0.4) is 0 Å². The number of likely N-dealkylation sites (tertiary alicyclic amines) is 1. The molecule has 1 fully saturated rings. The zero-order valence-corrected chi connectivity index (χ0v) is 14.4. The molecule has 1 amide bonds. The van der Waals surface area contributed by atoms with Crippen LogP contribution >= 0.6 is 15.9 Å². The van der Waals surface area contributed by atoms with Crippen molar-refractivity contribution in [3.05, 3.63) is 28.2 Å². The highest BCUT2D eigenvalue weighted by Crippen LogP contribution is 2.20. The maximum Gasteiger partial charge on any atom is 0.238 e. The zero-order valence-electron chi connectivity index (χ0n) is 12.8. The lowest BCUT2D eigenvalue weighted by molar-refractivity contribution is -0.117. The summed E-state index contributed by atoms with van der Waals surface area (Å²) in [5, 5.41) is 6.24. The maximum absolute atomic E-state index is 12.1. The van der Waals surface area contributed by atoms with Gasteiger partial charge in [0.25, 0.3) is 0 Å². The van der Waals surface area contributed by atoms with Crippen molar-refractivity contribution in [3.8, 4) is 0 Å². The van der Waals surface area contributed by atoms with Crippen molar-refractivity contribution in [3.63, 3.8) is 0 Å². The smallest absolute Gasteiger partial charge is 0.238 e. The summed E-state index contributed by atoms with van der Waals surface area (Å²) in [5.74, 6) is 0.829. The SMILES string of the molecule is CNCC1CCN(CC(=O)Nc2ccc(Br)cc2C)CC1. The number of carbonyl (C=O) groups excluding carboxylic acids is 1. The number of anilines is 1. The normalized spacial score (nSPS) is 16.9. The van der Waals surface area contributed by atoms with Crippen LogP contribution < -0.4 is 10.6 Å². The van der Waals surface area contributed by atoms with E-state index in [2.05, 4.69) is 31.5 Å². The van der Waals surface area contributed by atoms with Crippen molar-refractivity contribution in [1.82, 2.24) is 10.2 Å². The maximum atomic E-state index is 12.1. The molecule has 2 rings (SSSR count). The number of amides is 1. The number of rotatable bonds is 5. The van der Waals surface area contributed by atoms with Gasteiger partial charge in [-0.1, -0.05) is 15.9 Å². The van der Waals surface area contributed by atoms with E-state index < -0.39 is 0 Å². The fourth-order valence-electron chi connectivity index (χ4n) is 2.80. The minimum atomic E-state index is 0.0764. The third-order valence-electron chi connectivity index (χ3n) is 4.03. The lowest BCUT2D eigenvalue weighted by atomic mass is 9.97. The molecule has 116 valence electrons. The average molecular weight is 354 g/mol. The number of benzene rings is 1. The molecule has 2 N–H and O–H groups in total. The van der Waals surface area contributed by atoms with Crippen LogP contribution in [0.2, 0.25) is 0 Å². The molecule has 1 aliphatic rings. The zero-order chi connectivity index (χ0) is 15.2. The number of hydrogen-bond acceptors (Lipinski definition) is 3. The molecule has 1 saturated heterocycles. The molecular formula is C16H24BrN3O. The van der Waals surface area contributed by atoms with E-state index in [1.54, 1.807) is 0 Å². The molecule has 0 radical (unpaired) electrons. The fraction of sp³-hybridized carbons (Fsp3) is 0.562. The van der Waals surface area contributed by atoms with Crippen LogP contribution in [0.25, 0.3) is 0 Å². The highest BCUT2D eigenvalue weighted by atomic mass is 79.9. The Morgan fingerprint density at radius 2 is 2.10 bits per heavy atom. The molecule has 0 unspecified atom stereocenters. The van der Waals surface area contributed by atoms with E-state index in [9.17, 15) is 4.79 Å². The predicted molar refractivity (Wildman–Crippen MR) is 90.6 cm³/mol. The Morgan fingerprint density at radius 3 is 2.71 bits per heavy atom. The van der Waals surface area contributed by atoms with E-state index >= 15 is 0 Å². The Labute approximate surface area is 135 Å². The lowest BCUT2D eigenvalue weighted by Crippen LogP contribution is -2.40. The van der Waals surface area contributed by atoms with E-state index in [1.165, 1.54) is 12.8 Å². The van der Waals surface area contributed by atoms with Gasteiger partial charge in [0, 0.05) is 10.2 Å². The standard InChI is InChI=1S/C16H24BrN3O/c1-12-9-14(17)3-4-15(12)19-16(21)11-20-7-5-13(6-8-20)10-18-2/h3-4,9,13,18H,5-8,10-11H2,1-2H3,(H,19,21). The van der Waals surface area contributed by atoms with Crippen LogP contribution in [0, 0.1) is 12.8 Å². The number of nitrogens with one attached hydrogen (secondary N) is 2. The minimum absolute atomic E-state index is 0.0764. The summed E-state index contributed by atoms with van der Waals surface area (Å²) >= 11 is 3.43. The summed E-state index contributed by atoms with van der Waals surface area (Å²) in [6, 6.07) is 5.90. The van der Waals surface area contributed by atoms with E-state index in [1.807, 2.05) is 32.2 Å². The number of hydrogen-bond donors (Lipinski definition) is 2. The fourth-order valence-corrected chi connectivity index (χ4v) is 3.27. The lowest BCUT2D eigenvalue weighted by Gasteiger charge is -2.31. The van der Waals surface area contributed by atoms with E-state index in [-0.39, 0.29) is 5.91 Å². The van der Waals surface area contributed by atoms with Crippen LogP contribution in [0.4, 0.5) is 5.69 Å². The van der Waals surface area contributed by atoms with Crippen LogP contribution in [-0.2, 0) is 4.79 Å². The van der Waals surface area contributed by atoms with Crippen molar-refractivity contribution in [2.24, 2.45) is 5.92 Å². The molecule has 0 spiro atoms. The number of aryl methyl sites for hydroxylation is 1.